The van der Waals surface area contributed by atoms with E-state index in [9.17, 15) is 4.79 Å². The first kappa shape index (κ1) is 18.2. The number of aromatic nitrogens is 3. The Morgan fingerprint density at radius 3 is 2.62 bits per heavy atom. The van der Waals surface area contributed by atoms with Crippen molar-refractivity contribution in [2.45, 2.75) is 25.9 Å². The highest BCUT2D eigenvalue weighted by atomic mass is 32.2. The molecular formula is C20H22N4OS. The second-order valence-corrected chi connectivity index (χ2v) is 7.33. The molecule has 3 rings (SSSR count). The Hall–Kier alpha value is -2.60. The number of rotatable bonds is 5. The summed E-state index contributed by atoms with van der Waals surface area (Å²) in [6.07, 6.45) is 0. The topological polar surface area (TPSA) is 59.8 Å². The molecule has 2 aromatic carbocycles. The number of amides is 1. The van der Waals surface area contributed by atoms with Crippen LogP contribution >= 0.6 is 11.8 Å². The van der Waals surface area contributed by atoms with Crippen LogP contribution < -0.4 is 5.32 Å². The Morgan fingerprint density at radius 1 is 1.08 bits per heavy atom. The van der Waals surface area contributed by atoms with Crippen LogP contribution in [0.4, 0.5) is 5.69 Å². The summed E-state index contributed by atoms with van der Waals surface area (Å²) >= 11 is 1.38. The van der Waals surface area contributed by atoms with Gasteiger partial charge in [-0.2, -0.15) is 0 Å². The van der Waals surface area contributed by atoms with E-state index in [4.69, 9.17) is 0 Å². The smallest absolute Gasteiger partial charge is 0.234 e. The standard InChI is InChI=1S/C20H22N4OS/c1-13-6-5-7-16(10-13)19-22-23-20(24(19)4)26-12-18(25)21-17-11-14(2)8-9-15(17)3/h5-11H,12H2,1-4H3,(H,21,25). The van der Waals surface area contributed by atoms with Crippen molar-refractivity contribution in [3.05, 3.63) is 59.2 Å². The summed E-state index contributed by atoms with van der Waals surface area (Å²) in [4.78, 5) is 12.3. The molecule has 0 aliphatic rings. The molecule has 6 heteroatoms. The minimum atomic E-state index is -0.0520. The molecule has 1 heterocycles. The minimum absolute atomic E-state index is 0.0520. The van der Waals surface area contributed by atoms with Crippen LogP contribution in [-0.2, 0) is 11.8 Å². The number of benzene rings is 2. The van der Waals surface area contributed by atoms with Gasteiger partial charge in [0, 0.05) is 18.3 Å². The van der Waals surface area contributed by atoms with E-state index in [-0.39, 0.29) is 11.7 Å². The number of nitrogens with zero attached hydrogens (tertiary/aromatic N) is 3. The fraction of sp³-hybridized carbons (Fsp3) is 0.250. The molecular weight excluding hydrogens is 344 g/mol. The number of carbonyl (C=O) groups is 1. The maximum Gasteiger partial charge on any atom is 0.234 e. The molecule has 3 aromatic rings. The van der Waals surface area contributed by atoms with Crippen molar-refractivity contribution in [2.75, 3.05) is 11.1 Å². The second kappa shape index (κ2) is 7.74. The third-order valence-corrected chi connectivity index (χ3v) is 5.13. The lowest BCUT2D eigenvalue weighted by atomic mass is 10.1. The molecule has 1 N–H and O–H groups in total. The SMILES string of the molecule is Cc1cccc(-c2nnc(SCC(=O)Nc3cc(C)ccc3C)n2C)c1. The van der Waals surface area contributed by atoms with Gasteiger partial charge in [-0.15, -0.1) is 10.2 Å². The highest BCUT2D eigenvalue weighted by Gasteiger charge is 2.13. The predicted molar refractivity (Wildman–Crippen MR) is 106 cm³/mol. The number of aryl methyl sites for hydroxylation is 3. The third kappa shape index (κ3) is 4.14. The second-order valence-electron chi connectivity index (χ2n) is 6.39. The first-order chi connectivity index (χ1) is 12.4. The zero-order valence-electron chi connectivity index (χ0n) is 15.4. The van der Waals surface area contributed by atoms with Crippen molar-refractivity contribution in [3.63, 3.8) is 0 Å². The minimum Gasteiger partial charge on any atom is -0.325 e. The lowest BCUT2D eigenvalue weighted by molar-refractivity contribution is -0.113. The molecule has 0 atom stereocenters. The third-order valence-electron chi connectivity index (χ3n) is 4.11. The first-order valence-corrected chi connectivity index (χ1v) is 9.39. The maximum absolute atomic E-state index is 12.3. The molecule has 0 saturated carbocycles. The van der Waals surface area contributed by atoms with Crippen molar-refractivity contribution in [3.8, 4) is 11.4 Å². The van der Waals surface area contributed by atoms with E-state index in [1.807, 2.05) is 68.8 Å². The van der Waals surface area contributed by atoms with Crippen LogP contribution in [0.2, 0.25) is 0 Å². The Labute approximate surface area is 157 Å². The van der Waals surface area contributed by atoms with E-state index in [0.717, 1.165) is 33.4 Å². The number of hydrogen-bond donors (Lipinski definition) is 1. The Morgan fingerprint density at radius 2 is 1.85 bits per heavy atom. The molecule has 1 aromatic heterocycles. The summed E-state index contributed by atoms with van der Waals surface area (Å²) in [6.45, 7) is 6.04. The van der Waals surface area contributed by atoms with Crippen LogP contribution in [-0.4, -0.2) is 26.4 Å². The van der Waals surface area contributed by atoms with Gasteiger partial charge in [-0.3, -0.25) is 4.79 Å². The fourth-order valence-electron chi connectivity index (χ4n) is 2.66. The van der Waals surface area contributed by atoms with Crippen LogP contribution in [0.25, 0.3) is 11.4 Å². The number of hydrogen-bond acceptors (Lipinski definition) is 4. The zero-order valence-corrected chi connectivity index (χ0v) is 16.2. The summed E-state index contributed by atoms with van der Waals surface area (Å²) in [6, 6.07) is 14.2. The molecule has 0 saturated heterocycles. The predicted octanol–water partition coefficient (Wildman–Crippen LogP) is 4.14. The largest absolute Gasteiger partial charge is 0.325 e. The van der Waals surface area contributed by atoms with Crippen LogP contribution in [0.15, 0.2) is 47.6 Å². The van der Waals surface area contributed by atoms with E-state index in [0.29, 0.717) is 0 Å². The fourth-order valence-corrected chi connectivity index (χ4v) is 3.37. The summed E-state index contributed by atoms with van der Waals surface area (Å²) in [7, 11) is 1.92. The lowest BCUT2D eigenvalue weighted by Crippen LogP contribution is -2.15. The highest BCUT2D eigenvalue weighted by Crippen LogP contribution is 2.24. The Bertz CT molecular complexity index is 949. The van der Waals surface area contributed by atoms with Gasteiger partial charge >= 0.3 is 0 Å². The zero-order chi connectivity index (χ0) is 18.7. The molecule has 0 fully saturated rings. The van der Waals surface area contributed by atoms with Crippen molar-refractivity contribution in [1.29, 1.82) is 0 Å². The molecule has 0 bridgehead atoms. The van der Waals surface area contributed by atoms with Gasteiger partial charge in [0.05, 0.1) is 5.75 Å². The van der Waals surface area contributed by atoms with E-state index in [2.05, 4.69) is 21.6 Å². The van der Waals surface area contributed by atoms with E-state index in [1.165, 1.54) is 17.3 Å². The molecule has 0 aliphatic heterocycles. The Kier molecular flexibility index (Phi) is 5.42. The van der Waals surface area contributed by atoms with Gasteiger partial charge < -0.3 is 9.88 Å². The Balaban J connectivity index is 1.67. The van der Waals surface area contributed by atoms with Crippen molar-refractivity contribution in [2.24, 2.45) is 7.05 Å². The van der Waals surface area contributed by atoms with Crippen LogP contribution in [0.5, 0.6) is 0 Å². The van der Waals surface area contributed by atoms with Crippen LogP contribution in [0.1, 0.15) is 16.7 Å². The van der Waals surface area contributed by atoms with Gasteiger partial charge in [0.15, 0.2) is 11.0 Å². The molecule has 0 aliphatic carbocycles. The quantitative estimate of drug-likeness (QED) is 0.690. The highest BCUT2D eigenvalue weighted by molar-refractivity contribution is 7.99. The van der Waals surface area contributed by atoms with Crippen LogP contribution in [0.3, 0.4) is 0 Å². The number of carbonyl (C=O) groups excluding carboxylic acids is 1. The van der Waals surface area contributed by atoms with E-state index < -0.39 is 0 Å². The van der Waals surface area contributed by atoms with Gasteiger partial charge in [-0.25, -0.2) is 0 Å². The van der Waals surface area contributed by atoms with Gasteiger partial charge in [0.25, 0.3) is 0 Å². The average Bonchev–Trinajstić information content (AvgIpc) is 2.97. The van der Waals surface area contributed by atoms with Crippen molar-refractivity contribution in [1.82, 2.24) is 14.8 Å². The maximum atomic E-state index is 12.3. The molecule has 26 heavy (non-hydrogen) atoms. The summed E-state index contributed by atoms with van der Waals surface area (Å²) in [5.41, 5.74) is 5.22. The molecule has 0 unspecified atom stereocenters. The van der Waals surface area contributed by atoms with Gasteiger partial charge in [-0.05, 0) is 44.0 Å². The average molecular weight is 366 g/mol. The summed E-state index contributed by atoms with van der Waals surface area (Å²) in [5, 5.41) is 12.2. The molecule has 134 valence electrons. The number of anilines is 1. The molecule has 5 nitrogen and oxygen atoms in total. The summed E-state index contributed by atoms with van der Waals surface area (Å²) in [5.74, 6) is 1.03. The van der Waals surface area contributed by atoms with Gasteiger partial charge in [-0.1, -0.05) is 47.7 Å². The monoisotopic (exact) mass is 366 g/mol. The molecule has 1 amide bonds. The molecule has 0 radical (unpaired) electrons. The van der Waals surface area contributed by atoms with Crippen molar-refractivity contribution < 1.29 is 4.79 Å². The van der Waals surface area contributed by atoms with Crippen LogP contribution in [0, 0.1) is 20.8 Å². The van der Waals surface area contributed by atoms with Gasteiger partial charge in [0.2, 0.25) is 5.91 Å². The number of nitrogens with one attached hydrogen (secondary N) is 1. The lowest BCUT2D eigenvalue weighted by Gasteiger charge is -2.09. The van der Waals surface area contributed by atoms with Gasteiger partial charge in [0.1, 0.15) is 0 Å². The normalized spacial score (nSPS) is 10.8. The molecule has 0 spiro atoms. The van der Waals surface area contributed by atoms with E-state index >= 15 is 0 Å². The van der Waals surface area contributed by atoms with Crippen molar-refractivity contribution >= 4 is 23.4 Å². The summed E-state index contributed by atoms with van der Waals surface area (Å²) < 4.78 is 1.92. The van der Waals surface area contributed by atoms with E-state index in [1.54, 1.807) is 0 Å². The first-order valence-electron chi connectivity index (χ1n) is 8.40. The number of thioether (sulfide) groups is 1.